The fraction of sp³-hybridized carbons (Fsp3) is 0.154. The van der Waals surface area contributed by atoms with Crippen molar-refractivity contribution in [3.8, 4) is 11.5 Å². The maximum Gasteiger partial charge on any atom is 0.278 e. The Labute approximate surface area is 186 Å². The first-order valence-corrected chi connectivity index (χ1v) is 10.4. The number of nitrogens with zero attached hydrogens (tertiary/aromatic N) is 1. The fourth-order valence-corrected chi connectivity index (χ4v) is 3.83. The van der Waals surface area contributed by atoms with Gasteiger partial charge in [0.1, 0.15) is 5.70 Å². The first kappa shape index (κ1) is 19.9. The summed E-state index contributed by atoms with van der Waals surface area (Å²) >= 11 is 0. The zero-order valence-electron chi connectivity index (χ0n) is 17.8. The molecule has 0 saturated heterocycles. The third-order valence-corrected chi connectivity index (χ3v) is 5.61. The van der Waals surface area contributed by atoms with Gasteiger partial charge >= 0.3 is 0 Å². The van der Waals surface area contributed by atoms with Crippen LogP contribution in [-0.4, -0.2) is 23.5 Å². The molecule has 6 nitrogen and oxygen atoms in total. The number of carbonyl (C=O) groups is 2. The zero-order chi connectivity index (χ0) is 22.2. The molecule has 2 amide bonds. The zero-order valence-corrected chi connectivity index (χ0v) is 17.8. The lowest BCUT2D eigenvalue weighted by molar-refractivity contribution is -0.137. The van der Waals surface area contributed by atoms with E-state index in [1.807, 2.05) is 68.4 Å². The van der Waals surface area contributed by atoms with Crippen LogP contribution in [0.4, 0.5) is 5.69 Å². The molecule has 160 valence electrons. The highest BCUT2D eigenvalue weighted by Gasteiger charge is 2.39. The number of imide groups is 1. The van der Waals surface area contributed by atoms with Gasteiger partial charge in [-0.15, -0.1) is 0 Å². The maximum absolute atomic E-state index is 13.4. The molecule has 2 aliphatic heterocycles. The third kappa shape index (κ3) is 3.60. The molecule has 0 atom stereocenters. The number of aryl methyl sites for hydroxylation is 2. The van der Waals surface area contributed by atoms with E-state index in [-0.39, 0.29) is 30.8 Å². The minimum atomic E-state index is -0.358. The summed E-state index contributed by atoms with van der Waals surface area (Å²) in [5.41, 5.74) is 5.09. The molecular formula is C26H22N2O4. The minimum Gasteiger partial charge on any atom is -0.454 e. The number of fused-ring (bicyclic) bond motifs is 1. The van der Waals surface area contributed by atoms with Gasteiger partial charge < -0.3 is 14.8 Å². The van der Waals surface area contributed by atoms with Crippen molar-refractivity contribution < 1.29 is 19.1 Å². The highest BCUT2D eigenvalue weighted by atomic mass is 16.7. The molecule has 2 aliphatic rings. The summed E-state index contributed by atoms with van der Waals surface area (Å²) in [6.45, 7) is 4.29. The Kier molecular flexibility index (Phi) is 4.90. The summed E-state index contributed by atoms with van der Waals surface area (Å²) in [5, 5.41) is 3.19. The Hall–Kier alpha value is -4.06. The van der Waals surface area contributed by atoms with Crippen LogP contribution in [0.15, 0.2) is 72.4 Å². The van der Waals surface area contributed by atoms with Gasteiger partial charge in [-0.2, -0.15) is 0 Å². The second-order valence-corrected chi connectivity index (χ2v) is 7.99. The van der Waals surface area contributed by atoms with E-state index in [1.54, 1.807) is 12.1 Å². The minimum absolute atomic E-state index is 0.142. The quantitative estimate of drug-likeness (QED) is 0.612. The first-order valence-electron chi connectivity index (χ1n) is 10.4. The van der Waals surface area contributed by atoms with Gasteiger partial charge in [0.15, 0.2) is 11.5 Å². The number of rotatable bonds is 5. The number of benzene rings is 3. The van der Waals surface area contributed by atoms with Crippen molar-refractivity contribution in [1.82, 2.24) is 4.90 Å². The summed E-state index contributed by atoms with van der Waals surface area (Å²) in [7, 11) is 0. The summed E-state index contributed by atoms with van der Waals surface area (Å²) in [6, 6.07) is 20.8. The van der Waals surface area contributed by atoms with Crippen molar-refractivity contribution in [2.24, 2.45) is 0 Å². The number of nitrogens with one attached hydrogen (secondary N) is 1. The van der Waals surface area contributed by atoms with Gasteiger partial charge in [-0.05, 0) is 49.2 Å². The van der Waals surface area contributed by atoms with Crippen LogP contribution in [0.2, 0.25) is 0 Å². The monoisotopic (exact) mass is 426 g/mol. The van der Waals surface area contributed by atoms with Gasteiger partial charge in [-0.25, -0.2) is 0 Å². The van der Waals surface area contributed by atoms with E-state index >= 15 is 0 Å². The van der Waals surface area contributed by atoms with Crippen molar-refractivity contribution >= 4 is 23.1 Å². The average Bonchev–Trinajstić information content (AvgIpc) is 3.34. The van der Waals surface area contributed by atoms with E-state index in [1.165, 1.54) is 4.90 Å². The lowest BCUT2D eigenvalue weighted by Crippen LogP contribution is -2.32. The molecule has 0 fully saturated rings. The molecule has 0 aromatic heterocycles. The van der Waals surface area contributed by atoms with Crippen molar-refractivity contribution in [3.05, 3.63) is 94.7 Å². The number of hydrogen-bond acceptors (Lipinski definition) is 5. The van der Waals surface area contributed by atoms with Crippen LogP contribution in [0.3, 0.4) is 0 Å². The summed E-state index contributed by atoms with van der Waals surface area (Å²) < 4.78 is 10.8. The molecule has 3 aromatic carbocycles. The fourth-order valence-electron chi connectivity index (χ4n) is 3.83. The molecule has 32 heavy (non-hydrogen) atoms. The van der Waals surface area contributed by atoms with Crippen LogP contribution >= 0.6 is 0 Å². The highest BCUT2D eigenvalue weighted by molar-refractivity contribution is 6.36. The van der Waals surface area contributed by atoms with E-state index in [9.17, 15) is 9.59 Å². The summed E-state index contributed by atoms with van der Waals surface area (Å²) in [6.07, 6.45) is 0. The molecule has 0 unspecified atom stereocenters. The molecule has 5 rings (SSSR count). The van der Waals surface area contributed by atoms with Gasteiger partial charge in [-0.1, -0.05) is 53.6 Å². The van der Waals surface area contributed by atoms with Gasteiger partial charge in [0.05, 0.1) is 12.1 Å². The van der Waals surface area contributed by atoms with Crippen molar-refractivity contribution in [1.29, 1.82) is 0 Å². The SMILES string of the molecule is Cc1ccc(NC2=C(c3ccc(C)cc3)C(=O)N(Cc3ccc4c(c3)OCO4)C2=O)cc1. The molecule has 0 aliphatic carbocycles. The molecule has 6 heteroatoms. The van der Waals surface area contributed by atoms with E-state index in [2.05, 4.69) is 5.32 Å². The number of hydrogen-bond donors (Lipinski definition) is 1. The van der Waals surface area contributed by atoms with Gasteiger partial charge in [-0.3, -0.25) is 14.5 Å². The van der Waals surface area contributed by atoms with Crippen molar-refractivity contribution in [2.45, 2.75) is 20.4 Å². The van der Waals surface area contributed by atoms with Crippen LogP contribution in [0.5, 0.6) is 11.5 Å². The molecule has 0 radical (unpaired) electrons. The van der Waals surface area contributed by atoms with Gasteiger partial charge in [0, 0.05) is 5.69 Å². The molecule has 0 bridgehead atoms. The second kappa shape index (κ2) is 7.89. The molecule has 1 N–H and O–H groups in total. The highest BCUT2D eigenvalue weighted by Crippen LogP contribution is 2.35. The normalized spacial score (nSPS) is 15.0. The van der Waals surface area contributed by atoms with Gasteiger partial charge in [0.2, 0.25) is 6.79 Å². The molecule has 3 aromatic rings. The Balaban J connectivity index is 1.50. The second-order valence-electron chi connectivity index (χ2n) is 7.99. The van der Waals surface area contributed by atoms with Crippen LogP contribution in [0.1, 0.15) is 22.3 Å². The largest absolute Gasteiger partial charge is 0.454 e. The Morgan fingerprint density at radius 3 is 2.19 bits per heavy atom. The molecule has 0 saturated carbocycles. The first-order chi connectivity index (χ1) is 15.5. The third-order valence-electron chi connectivity index (χ3n) is 5.61. The average molecular weight is 426 g/mol. The van der Waals surface area contributed by atoms with Crippen molar-refractivity contribution in [2.75, 3.05) is 12.1 Å². The van der Waals surface area contributed by atoms with Crippen LogP contribution in [0, 0.1) is 13.8 Å². The number of amides is 2. The van der Waals surface area contributed by atoms with Crippen LogP contribution in [0.25, 0.3) is 5.57 Å². The molecule has 0 spiro atoms. The lowest BCUT2D eigenvalue weighted by Gasteiger charge is -2.16. The van der Waals surface area contributed by atoms with E-state index in [0.29, 0.717) is 22.6 Å². The van der Waals surface area contributed by atoms with Crippen molar-refractivity contribution in [3.63, 3.8) is 0 Å². The summed E-state index contributed by atoms with van der Waals surface area (Å²) in [5.74, 6) is 0.592. The number of carbonyl (C=O) groups excluding carboxylic acids is 2. The maximum atomic E-state index is 13.4. The Bertz CT molecular complexity index is 1240. The van der Waals surface area contributed by atoms with Crippen LogP contribution < -0.4 is 14.8 Å². The van der Waals surface area contributed by atoms with Gasteiger partial charge in [0.25, 0.3) is 11.8 Å². The van der Waals surface area contributed by atoms with E-state index in [0.717, 1.165) is 22.4 Å². The predicted molar refractivity (Wildman–Crippen MR) is 121 cm³/mol. The Morgan fingerprint density at radius 1 is 0.812 bits per heavy atom. The Morgan fingerprint density at radius 2 is 1.47 bits per heavy atom. The predicted octanol–water partition coefficient (Wildman–Crippen LogP) is 4.42. The standard InChI is InChI=1S/C26H22N2O4/c1-16-3-8-19(9-4-16)23-24(27-20-10-5-17(2)6-11-20)26(30)28(25(23)29)14-18-7-12-21-22(13-18)32-15-31-21/h3-13,27H,14-15H2,1-2H3. The summed E-state index contributed by atoms with van der Waals surface area (Å²) in [4.78, 5) is 28.1. The van der Waals surface area contributed by atoms with E-state index in [4.69, 9.17) is 9.47 Å². The number of ether oxygens (including phenoxy) is 2. The smallest absolute Gasteiger partial charge is 0.278 e. The van der Waals surface area contributed by atoms with E-state index < -0.39 is 0 Å². The lowest BCUT2D eigenvalue weighted by atomic mass is 10.0. The molecular weight excluding hydrogens is 404 g/mol. The number of anilines is 1. The van der Waals surface area contributed by atoms with Crippen LogP contribution in [-0.2, 0) is 16.1 Å². The molecule has 2 heterocycles. The topological polar surface area (TPSA) is 67.9 Å².